The molecule has 1 fully saturated rings. The van der Waals surface area contributed by atoms with Crippen LogP contribution in [0.3, 0.4) is 0 Å². The largest absolute Gasteiger partial charge is 0.314 e. The predicted octanol–water partition coefficient (Wildman–Crippen LogP) is 2.86. The van der Waals surface area contributed by atoms with E-state index in [1.165, 1.54) is 12.8 Å². The normalized spacial score (nSPS) is 25.6. The van der Waals surface area contributed by atoms with Crippen LogP contribution in [0.15, 0.2) is 0 Å². The molecule has 3 atom stereocenters. The molecular weight excluding hydrogens is 258 g/mol. The molecule has 0 radical (unpaired) electrons. The molecule has 0 amide bonds. The van der Waals surface area contributed by atoms with Crippen LogP contribution in [0.25, 0.3) is 0 Å². The Morgan fingerprint density at radius 1 is 1.26 bits per heavy atom. The fourth-order valence-electron chi connectivity index (χ4n) is 3.15. The van der Waals surface area contributed by atoms with Gasteiger partial charge in [-0.2, -0.15) is 0 Å². The van der Waals surface area contributed by atoms with Gasteiger partial charge in [0.1, 0.15) is 0 Å². The Balaban J connectivity index is 2.58. The molecule has 1 aliphatic heterocycles. The smallest absolute Gasteiger partial charge is 0.150 e. The lowest BCUT2D eigenvalue weighted by molar-refractivity contribution is 0.270. The Hall–Kier alpha value is -0.0900. The second-order valence-corrected chi connectivity index (χ2v) is 8.84. The van der Waals surface area contributed by atoms with Crippen molar-refractivity contribution in [3.8, 4) is 0 Å². The van der Waals surface area contributed by atoms with Crippen LogP contribution in [0.2, 0.25) is 0 Å². The Bertz CT molecular complexity index is 351. The van der Waals surface area contributed by atoms with E-state index in [4.69, 9.17) is 0 Å². The number of sulfone groups is 1. The maximum Gasteiger partial charge on any atom is 0.150 e. The van der Waals surface area contributed by atoms with Crippen LogP contribution in [0.5, 0.6) is 0 Å². The molecule has 114 valence electrons. The topological polar surface area (TPSA) is 46.2 Å². The van der Waals surface area contributed by atoms with E-state index in [9.17, 15) is 8.42 Å². The van der Waals surface area contributed by atoms with E-state index in [0.717, 1.165) is 19.4 Å². The third-order valence-electron chi connectivity index (χ3n) is 4.21. The van der Waals surface area contributed by atoms with Crippen LogP contribution in [-0.4, -0.2) is 32.5 Å². The molecule has 0 aromatic carbocycles. The molecule has 0 aromatic rings. The first-order chi connectivity index (χ1) is 8.84. The molecule has 0 bridgehead atoms. The van der Waals surface area contributed by atoms with Gasteiger partial charge in [0.25, 0.3) is 0 Å². The van der Waals surface area contributed by atoms with Gasteiger partial charge in [-0.1, -0.05) is 40.5 Å². The monoisotopic (exact) mass is 289 g/mol. The van der Waals surface area contributed by atoms with E-state index in [2.05, 4.69) is 33.0 Å². The van der Waals surface area contributed by atoms with Crippen LogP contribution in [0.4, 0.5) is 0 Å². The zero-order chi connectivity index (χ0) is 14.5. The van der Waals surface area contributed by atoms with Crippen LogP contribution in [0.1, 0.15) is 53.4 Å². The lowest BCUT2D eigenvalue weighted by Crippen LogP contribution is -2.34. The molecule has 1 heterocycles. The third-order valence-corrected chi connectivity index (χ3v) is 6.00. The summed E-state index contributed by atoms with van der Waals surface area (Å²) in [5, 5.41) is 3.50. The summed E-state index contributed by atoms with van der Waals surface area (Å²) >= 11 is 0. The van der Waals surface area contributed by atoms with Gasteiger partial charge in [0.2, 0.25) is 0 Å². The van der Waals surface area contributed by atoms with Crippen molar-refractivity contribution in [2.45, 2.75) is 59.4 Å². The molecule has 0 spiro atoms. The average Bonchev–Trinajstić information content (AvgIpc) is 2.65. The first kappa shape index (κ1) is 17.0. The SMILES string of the molecule is CCCC(C)CC(CNC(C)C)C1CCS(=O)(=O)C1. The zero-order valence-corrected chi connectivity index (χ0v) is 13.8. The molecule has 4 heteroatoms. The highest BCUT2D eigenvalue weighted by Crippen LogP contribution is 2.31. The van der Waals surface area contributed by atoms with Gasteiger partial charge in [0, 0.05) is 6.04 Å². The van der Waals surface area contributed by atoms with Crippen molar-refractivity contribution in [1.82, 2.24) is 5.32 Å². The molecule has 0 saturated carbocycles. The maximum absolute atomic E-state index is 11.7. The Morgan fingerprint density at radius 2 is 1.95 bits per heavy atom. The summed E-state index contributed by atoms with van der Waals surface area (Å²) in [4.78, 5) is 0. The second-order valence-electron chi connectivity index (χ2n) is 6.62. The minimum Gasteiger partial charge on any atom is -0.314 e. The molecule has 1 saturated heterocycles. The quantitative estimate of drug-likeness (QED) is 0.747. The summed E-state index contributed by atoms with van der Waals surface area (Å²) in [6, 6.07) is 0.474. The zero-order valence-electron chi connectivity index (χ0n) is 13.0. The average molecular weight is 289 g/mol. The molecule has 0 aliphatic carbocycles. The number of hydrogen-bond acceptors (Lipinski definition) is 3. The van der Waals surface area contributed by atoms with E-state index < -0.39 is 9.84 Å². The van der Waals surface area contributed by atoms with Crippen molar-refractivity contribution in [2.75, 3.05) is 18.1 Å². The van der Waals surface area contributed by atoms with Gasteiger partial charge in [-0.25, -0.2) is 8.42 Å². The molecule has 1 rings (SSSR count). The van der Waals surface area contributed by atoms with Crippen molar-refractivity contribution >= 4 is 9.84 Å². The van der Waals surface area contributed by atoms with Gasteiger partial charge in [0.15, 0.2) is 9.84 Å². The van der Waals surface area contributed by atoms with Crippen LogP contribution in [-0.2, 0) is 9.84 Å². The highest BCUT2D eigenvalue weighted by Gasteiger charge is 2.33. The first-order valence-electron chi connectivity index (χ1n) is 7.77. The number of rotatable bonds is 8. The van der Waals surface area contributed by atoms with Crippen molar-refractivity contribution in [3.05, 3.63) is 0 Å². The molecule has 1 N–H and O–H groups in total. The summed E-state index contributed by atoms with van der Waals surface area (Å²) in [6.07, 6.45) is 4.49. The maximum atomic E-state index is 11.7. The third kappa shape index (κ3) is 6.26. The van der Waals surface area contributed by atoms with E-state index in [1.807, 2.05) is 0 Å². The molecule has 19 heavy (non-hydrogen) atoms. The molecule has 0 aromatic heterocycles. The van der Waals surface area contributed by atoms with E-state index in [-0.39, 0.29) is 0 Å². The highest BCUT2D eigenvalue weighted by molar-refractivity contribution is 7.91. The molecule has 3 unspecified atom stereocenters. The van der Waals surface area contributed by atoms with Crippen LogP contribution in [0, 0.1) is 17.8 Å². The van der Waals surface area contributed by atoms with Crippen molar-refractivity contribution < 1.29 is 8.42 Å². The number of nitrogens with one attached hydrogen (secondary N) is 1. The number of hydrogen-bond donors (Lipinski definition) is 1. The van der Waals surface area contributed by atoms with Crippen LogP contribution >= 0.6 is 0 Å². The van der Waals surface area contributed by atoms with Gasteiger partial charge in [-0.15, -0.1) is 0 Å². The fraction of sp³-hybridized carbons (Fsp3) is 1.00. The van der Waals surface area contributed by atoms with Gasteiger partial charge in [0.05, 0.1) is 11.5 Å². The molecule has 1 aliphatic rings. The standard InChI is InChI=1S/C15H31NO2S/c1-5-6-13(4)9-15(10-16-12(2)3)14-7-8-19(17,18)11-14/h12-16H,5-11H2,1-4H3. The van der Waals surface area contributed by atoms with Crippen molar-refractivity contribution in [3.63, 3.8) is 0 Å². The lowest BCUT2D eigenvalue weighted by Gasteiger charge is -2.27. The fourth-order valence-corrected chi connectivity index (χ4v) is 5.07. The molecular formula is C15H31NO2S. The lowest BCUT2D eigenvalue weighted by atomic mass is 9.83. The van der Waals surface area contributed by atoms with E-state index >= 15 is 0 Å². The Kier molecular flexibility index (Phi) is 6.81. The second kappa shape index (κ2) is 7.63. The van der Waals surface area contributed by atoms with E-state index in [0.29, 0.717) is 35.3 Å². The van der Waals surface area contributed by atoms with E-state index in [1.54, 1.807) is 0 Å². The summed E-state index contributed by atoms with van der Waals surface area (Å²) in [5.74, 6) is 2.40. The Morgan fingerprint density at radius 3 is 2.42 bits per heavy atom. The summed E-state index contributed by atoms with van der Waals surface area (Å²) < 4.78 is 23.3. The minimum atomic E-state index is -2.75. The summed E-state index contributed by atoms with van der Waals surface area (Å²) in [6.45, 7) is 9.79. The summed E-state index contributed by atoms with van der Waals surface area (Å²) in [5.41, 5.74) is 0. The Labute approximate surface area is 119 Å². The van der Waals surface area contributed by atoms with Crippen molar-refractivity contribution in [1.29, 1.82) is 0 Å². The van der Waals surface area contributed by atoms with Gasteiger partial charge < -0.3 is 5.32 Å². The van der Waals surface area contributed by atoms with Gasteiger partial charge in [-0.3, -0.25) is 0 Å². The minimum absolute atomic E-state index is 0.371. The van der Waals surface area contributed by atoms with Gasteiger partial charge >= 0.3 is 0 Å². The molecule has 3 nitrogen and oxygen atoms in total. The van der Waals surface area contributed by atoms with Gasteiger partial charge in [-0.05, 0) is 37.1 Å². The summed E-state index contributed by atoms with van der Waals surface area (Å²) in [7, 11) is -2.75. The first-order valence-corrected chi connectivity index (χ1v) is 9.60. The predicted molar refractivity (Wildman–Crippen MR) is 82.1 cm³/mol. The van der Waals surface area contributed by atoms with Crippen molar-refractivity contribution in [2.24, 2.45) is 17.8 Å². The highest BCUT2D eigenvalue weighted by atomic mass is 32.2. The van der Waals surface area contributed by atoms with Crippen LogP contribution < -0.4 is 5.32 Å².